The topological polar surface area (TPSA) is 75.9 Å². The van der Waals surface area contributed by atoms with Crippen molar-refractivity contribution in [3.8, 4) is 0 Å². The van der Waals surface area contributed by atoms with Crippen LogP contribution in [0.1, 0.15) is 25.4 Å². The summed E-state index contributed by atoms with van der Waals surface area (Å²) in [5.74, 6) is 1.74. The largest absolute Gasteiger partial charge is 0.394 e. The van der Waals surface area contributed by atoms with E-state index in [1.54, 1.807) is 4.68 Å². The minimum atomic E-state index is -0.0345. The highest BCUT2D eigenvalue weighted by molar-refractivity contribution is 5.87. The number of hydrogen-bond acceptors (Lipinski definition) is 5. The van der Waals surface area contributed by atoms with Crippen LogP contribution in [0.5, 0.6) is 0 Å². The maximum atomic E-state index is 9.45. The number of anilines is 1. The van der Waals surface area contributed by atoms with Gasteiger partial charge in [0.05, 0.1) is 18.3 Å². The standard InChI is InChI=1S/C13H21N5O/c1-7(2)10(6-19)16-13-12-11(14-9(4)15-13)8(3)17-18(12)5/h7,10,19H,6H2,1-5H3,(H,14,15,16). The van der Waals surface area contributed by atoms with E-state index in [1.165, 1.54) is 0 Å². The zero-order valence-corrected chi connectivity index (χ0v) is 12.1. The van der Waals surface area contributed by atoms with Gasteiger partial charge in [-0.1, -0.05) is 13.8 Å². The zero-order valence-electron chi connectivity index (χ0n) is 12.1. The van der Waals surface area contributed by atoms with Gasteiger partial charge in [-0.15, -0.1) is 0 Å². The molecule has 2 heterocycles. The molecule has 0 fully saturated rings. The van der Waals surface area contributed by atoms with Gasteiger partial charge in [0.2, 0.25) is 0 Å². The number of aromatic nitrogens is 4. The van der Waals surface area contributed by atoms with E-state index in [0.717, 1.165) is 22.5 Å². The highest BCUT2D eigenvalue weighted by atomic mass is 16.3. The number of hydrogen-bond donors (Lipinski definition) is 2. The summed E-state index contributed by atoms with van der Waals surface area (Å²) < 4.78 is 1.78. The monoisotopic (exact) mass is 263 g/mol. The fraction of sp³-hybridized carbons (Fsp3) is 0.615. The second-order valence-corrected chi connectivity index (χ2v) is 5.20. The Morgan fingerprint density at radius 2 is 1.95 bits per heavy atom. The zero-order chi connectivity index (χ0) is 14.2. The van der Waals surface area contributed by atoms with E-state index < -0.39 is 0 Å². The lowest BCUT2D eigenvalue weighted by Crippen LogP contribution is -2.30. The molecule has 2 rings (SSSR count). The van der Waals surface area contributed by atoms with Gasteiger partial charge in [-0.25, -0.2) is 9.97 Å². The van der Waals surface area contributed by atoms with Gasteiger partial charge in [-0.05, 0) is 19.8 Å². The molecule has 104 valence electrons. The van der Waals surface area contributed by atoms with Crippen molar-refractivity contribution in [2.45, 2.75) is 33.7 Å². The maximum absolute atomic E-state index is 9.45. The molecular formula is C13H21N5O. The molecule has 0 aliphatic heterocycles. The van der Waals surface area contributed by atoms with Crippen molar-refractivity contribution in [2.24, 2.45) is 13.0 Å². The highest BCUT2D eigenvalue weighted by Crippen LogP contribution is 2.23. The number of aliphatic hydroxyl groups is 1. The molecule has 0 amide bonds. The Morgan fingerprint density at radius 3 is 2.53 bits per heavy atom. The Bertz CT molecular complexity index is 590. The minimum absolute atomic E-state index is 0.0345. The van der Waals surface area contributed by atoms with Crippen LogP contribution in [0.3, 0.4) is 0 Å². The van der Waals surface area contributed by atoms with Gasteiger partial charge in [0.15, 0.2) is 5.82 Å². The SMILES string of the molecule is Cc1nc(NC(CO)C(C)C)c2c(n1)c(C)nn2C. The van der Waals surface area contributed by atoms with E-state index in [4.69, 9.17) is 0 Å². The fourth-order valence-electron chi connectivity index (χ4n) is 2.15. The van der Waals surface area contributed by atoms with Gasteiger partial charge in [0, 0.05) is 7.05 Å². The van der Waals surface area contributed by atoms with Crippen LogP contribution >= 0.6 is 0 Å². The lowest BCUT2D eigenvalue weighted by Gasteiger charge is -2.21. The summed E-state index contributed by atoms with van der Waals surface area (Å²) in [7, 11) is 1.88. The van der Waals surface area contributed by atoms with Crippen molar-refractivity contribution in [3.63, 3.8) is 0 Å². The van der Waals surface area contributed by atoms with Crippen molar-refractivity contribution < 1.29 is 5.11 Å². The third kappa shape index (κ3) is 2.53. The van der Waals surface area contributed by atoms with Gasteiger partial charge in [-0.3, -0.25) is 4.68 Å². The lowest BCUT2D eigenvalue weighted by atomic mass is 10.1. The first-order valence-electron chi connectivity index (χ1n) is 6.49. The average molecular weight is 263 g/mol. The van der Waals surface area contributed by atoms with Crippen LogP contribution in [0, 0.1) is 19.8 Å². The number of aryl methyl sites for hydroxylation is 3. The summed E-state index contributed by atoms with van der Waals surface area (Å²) in [6.45, 7) is 7.99. The smallest absolute Gasteiger partial charge is 0.156 e. The van der Waals surface area contributed by atoms with Gasteiger partial charge in [0.1, 0.15) is 16.9 Å². The molecule has 0 spiro atoms. The predicted molar refractivity (Wildman–Crippen MR) is 75.1 cm³/mol. The molecule has 6 nitrogen and oxygen atoms in total. The van der Waals surface area contributed by atoms with E-state index in [-0.39, 0.29) is 12.6 Å². The molecule has 1 atom stereocenters. The molecule has 0 aromatic carbocycles. The van der Waals surface area contributed by atoms with Crippen molar-refractivity contribution in [1.29, 1.82) is 0 Å². The molecule has 0 radical (unpaired) electrons. The van der Waals surface area contributed by atoms with Crippen molar-refractivity contribution in [3.05, 3.63) is 11.5 Å². The summed E-state index contributed by atoms with van der Waals surface area (Å²) in [5, 5.41) is 17.1. The predicted octanol–water partition coefficient (Wildman–Crippen LogP) is 1.41. The first kappa shape index (κ1) is 13.7. The van der Waals surface area contributed by atoms with E-state index in [0.29, 0.717) is 11.7 Å². The maximum Gasteiger partial charge on any atom is 0.156 e. The van der Waals surface area contributed by atoms with E-state index in [9.17, 15) is 5.11 Å². The first-order chi connectivity index (χ1) is 8.93. The molecule has 2 aromatic heterocycles. The summed E-state index contributed by atoms with van der Waals surface area (Å²) in [5.41, 5.74) is 2.62. The minimum Gasteiger partial charge on any atom is -0.394 e. The van der Waals surface area contributed by atoms with Crippen molar-refractivity contribution in [2.75, 3.05) is 11.9 Å². The van der Waals surface area contributed by atoms with Crippen LogP contribution < -0.4 is 5.32 Å². The average Bonchev–Trinajstić information content (AvgIpc) is 2.61. The molecule has 0 aliphatic rings. The van der Waals surface area contributed by atoms with Crippen LogP contribution in [-0.2, 0) is 7.05 Å². The Hall–Kier alpha value is -1.69. The third-order valence-corrected chi connectivity index (χ3v) is 3.29. The van der Waals surface area contributed by atoms with Gasteiger partial charge in [-0.2, -0.15) is 5.10 Å². The van der Waals surface area contributed by atoms with Crippen LogP contribution in [0.2, 0.25) is 0 Å². The van der Waals surface area contributed by atoms with Gasteiger partial charge in [0.25, 0.3) is 0 Å². The molecule has 2 aromatic rings. The summed E-state index contributed by atoms with van der Waals surface area (Å²) >= 11 is 0. The number of nitrogens with one attached hydrogen (secondary N) is 1. The summed E-state index contributed by atoms with van der Waals surface area (Å²) in [4.78, 5) is 8.89. The summed E-state index contributed by atoms with van der Waals surface area (Å²) in [6, 6.07) is -0.0345. The molecule has 6 heteroatoms. The second kappa shape index (κ2) is 5.13. The Balaban J connectivity index is 2.53. The molecule has 19 heavy (non-hydrogen) atoms. The van der Waals surface area contributed by atoms with E-state index >= 15 is 0 Å². The normalized spacial score (nSPS) is 13.2. The van der Waals surface area contributed by atoms with Crippen molar-refractivity contribution >= 4 is 16.9 Å². The Morgan fingerprint density at radius 1 is 1.26 bits per heavy atom. The van der Waals surface area contributed by atoms with Crippen molar-refractivity contribution in [1.82, 2.24) is 19.7 Å². The highest BCUT2D eigenvalue weighted by Gasteiger charge is 2.18. The Labute approximate surface area is 112 Å². The second-order valence-electron chi connectivity index (χ2n) is 5.20. The molecule has 2 N–H and O–H groups in total. The van der Waals surface area contributed by atoms with Crippen LogP contribution in [0.25, 0.3) is 11.0 Å². The molecule has 1 unspecified atom stereocenters. The van der Waals surface area contributed by atoms with Crippen LogP contribution in [0.4, 0.5) is 5.82 Å². The number of nitrogens with zero attached hydrogens (tertiary/aromatic N) is 4. The van der Waals surface area contributed by atoms with E-state index in [1.807, 2.05) is 20.9 Å². The molecule has 0 aliphatic carbocycles. The van der Waals surface area contributed by atoms with Crippen LogP contribution in [0.15, 0.2) is 0 Å². The van der Waals surface area contributed by atoms with E-state index in [2.05, 4.69) is 34.2 Å². The lowest BCUT2D eigenvalue weighted by molar-refractivity contribution is 0.249. The Kier molecular flexibility index (Phi) is 3.71. The number of aliphatic hydroxyl groups excluding tert-OH is 1. The number of rotatable bonds is 4. The fourth-order valence-corrected chi connectivity index (χ4v) is 2.15. The van der Waals surface area contributed by atoms with Gasteiger partial charge < -0.3 is 10.4 Å². The summed E-state index contributed by atoms with van der Waals surface area (Å²) in [6.07, 6.45) is 0. The molecule has 0 bridgehead atoms. The molecule has 0 saturated heterocycles. The number of fused-ring (bicyclic) bond motifs is 1. The molecular weight excluding hydrogens is 242 g/mol. The quantitative estimate of drug-likeness (QED) is 0.872. The van der Waals surface area contributed by atoms with Gasteiger partial charge >= 0.3 is 0 Å². The first-order valence-corrected chi connectivity index (χ1v) is 6.49. The van der Waals surface area contributed by atoms with Crippen LogP contribution in [-0.4, -0.2) is 37.5 Å². The third-order valence-electron chi connectivity index (χ3n) is 3.29. The molecule has 0 saturated carbocycles.